The molecule has 8 heteroatoms. The van der Waals surface area contributed by atoms with E-state index in [9.17, 15) is 9.18 Å². The molecule has 1 heterocycles. The van der Waals surface area contributed by atoms with Crippen LogP contribution in [0.3, 0.4) is 0 Å². The van der Waals surface area contributed by atoms with E-state index in [2.05, 4.69) is 22.1 Å². The summed E-state index contributed by atoms with van der Waals surface area (Å²) < 4.78 is 15.9. The topological polar surface area (TPSA) is 59.8 Å². The SMILES string of the molecule is C=CCn1c(SCC(=O)Nc2ccc(C)cc2Cl)nnc1-c1ccccc1F. The maximum absolute atomic E-state index is 14.1. The Morgan fingerprint density at radius 1 is 1.32 bits per heavy atom. The molecule has 0 aliphatic heterocycles. The van der Waals surface area contributed by atoms with Crippen molar-refractivity contribution in [3.05, 3.63) is 71.5 Å². The van der Waals surface area contributed by atoms with Gasteiger partial charge in [0.1, 0.15) is 5.82 Å². The number of rotatable bonds is 7. The summed E-state index contributed by atoms with van der Waals surface area (Å²) in [6.07, 6.45) is 1.67. The Bertz CT molecular complexity index is 1020. The highest BCUT2D eigenvalue weighted by molar-refractivity contribution is 7.99. The van der Waals surface area contributed by atoms with Crippen molar-refractivity contribution in [1.29, 1.82) is 0 Å². The van der Waals surface area contributed by atoms with Gasteiger partial charge in [-0.3, -0.25) is 9.36 Å². The minimum atomic E-state index is -0.386. The number of anilines is 1. The number of aromatic nitrogens is 3. The molecule has 3 rings (SSSR count). The van der Waals surface area contributed by atoms with Crippen LogP contribution in [0, 0.1) is 12.7 Å². The number of halogens is 2. The summed E-state index contributed by atoms with van der Waals surface area (Å²) in [4.78, 5) is 12.3. The molecule has 1 N–H and O–H groups in total. The van der Waals surface area contributed by atoms with Gasteiger partial charge in [0.15, 0.2) is 11.0 Å². The van der Waals surface area contributed by atoms with Gasteiger partial charge in [-0.2, -0.15) is 0 Å². The molecule has 0 saturated carbocycles. The van der Waals surface area contributed by atoms with Gasteiger partial charge in [-0.05, 0) is 36.8 Å². The van der Waals surface area contributed by atoms with Gasteiger partial charge in [0.2, 0.25) is 5.91 Å². The van der Waals surface area contributed by atoms with Crippen molar-refractivity contribution in [2.75, 3.05) is 11.1 Å². The summed E-state index contributed by atoms with van der Waals surface area (Å²) in [7, 11) is 0. The minimum absolute atomic E-state index is 0.108. The normalized spacial score (nSPS) is 10.7. The Kier molecular flexibility index (Phi) is 6.49. The van der Waals surface area contributed by atoms with E-state index in [1.165, 1.54) is 17.8 Å². The van der Waals surface area contributed by atoms with Crippen LogP contribution in [0.4, 0.5) is 10.1 Å². The molecule has 1 aromatic heterocycles. The molecule has 0 radical (unpaired) electrons. The first-order valence-electron chi connectivity index (χ1n) is 8.47. The summed E-state index contributed by atoms with van der Waals surface area (Å²) in [5.41, 5.74) is 1.91. The van der Waals surface area contributed by atoms with Crippen LogP contribution in [-0.2, 0) is 11.3 Å². The number of hydrogen-bond acceptors (Lipinski definition) is 4. The van der Waals surface area contributed by atoms with Gasteiger partial charge in [-0.1, -0.05) is 47.6 Å². The Morgan fingerprint density at radius 3 is 2.82 bits per heavy atom. The van der Waals surface area contributed by atoms with Gasteiger partial charge in [0.05, 0.1) is 22.0 Å². The van der Waals surface area contributed by atoms with Crippen LogP contribution in [-0.4, -0.2) is 26.4 Å². The third kappa shape index (κ3) is 4.61. The predicted molar refractivity (Wildman–Crippen MR) is 111 cm³/mol. The Balaban J connectivity index is 1.74. The zero-order chi connectivity index (χ0) is 20.1. The van der Waals surface area contributed by atoms with Crippen molar-refractivity contribution in [2.45, 2.75) is 18.6 Å². The average Bonchev–Trinajstić information content (AvgIpc) is 3.06. The molecular formula is C20H18ClFN4OS. The molecule has 28 heavy (non-hydrogen) atoms. The summed E-state index contributed by atoms with van der Waals surface area (Å²) in [5.74, 6) is -0.112. The van der Waals surface area contributed by atoms with Crippen molar-refractivity contribution in [1.82, 2.24) is 14.8 Å². The number of thioether (sulfide) groups is 1. The lowest BCUT2D eigenvalue weighted by Crippen LogP contribution is -2.15. The summed E-state index contributed by atoms with van der Waals surface area (Å²) in [6, 6.07) is 11.8. The van der Waals surface area contributed by atoms with E-state index >= 15 is 0 Å². The largest absolute Gasteiger partial charge is 0.324 e. The van der Waals surface area contributed by atoms with Crippen LogP contribution < -0.4 is 5.32 Å². The summed E-state index contributed by atoms with van der Waals surface area (Å²) in [5, 5.41) is 12.0. The van der Waals surface area contributed by atoms with Gasteiger partial charge >= 0.3 is 0 Å². The smallest absolute Gasteiger partial charge is 0.234 e. The van der Waals surface area contributed by atoms with Gasteiger partial charge < -0.3 is 5.32 Å². The zero-order valence-electron chi connectivity index (χ0n) is 15.2. The van der Waals surface area contributed by atoms with Gasteiger partial charge in [-0.15, -0.1) is 16.8 Å². The molecule has 0 unspecified atom stereocenters. The molecule has 1 amide bonds. The molecule has 0 aliphatic carbocycles. The second-order valence-corrected chi connectivity index (χ2v) is 7.36. The molecule has 2 aromatic carbocycles. The van der Waals surface area contributed by atoms with E-state index in [4.69, 9.17) is 11.6 Å². The third-order valence-corrected chi connectivity index (χ3v) is 5.15. The molecule has 5 nitrogen and oxygen atoms in total. The fraction of sp³-hybridized carbons (Fsp3) is 0.150. The van der Waals surface area contributed by atoms with E-state index < -0.39 is 0 Å². The molecule has 0 spiro atoms. The van der Waals surface area contributed by atoms with Crippen molar-refractivity contribution in [2.24, 2.45) is 0 Å². The number of allylic oxidation sites excluding steroid dienone is 1. The molecule has 3 aromatic rings. The van der Waals surface area contributed by atoms with Crippen molar-refractivity contribution < 1.29 is 9.18 Å². The molecule has 0 atom stereocenters. The monoisotopic (exact) mass is 416 g/mol. The van der Waals surface area contributed by atoms with Crippen LogP contribution in [0.2, 0.25) is 5.02 Å². The first-order chi connectivity index (χ1) is 13.5. The maximum Gasteiger partial charge on any atom is 0.234 e. The number of benzene rings is 2. The lowest BCUT2D eigenvalue weighted by molar-refractivity contribution is -0.113. The molecule has 144 valence electrons. The zero-order valence-corrected chi connectivity index (χ0v) is 16.7. The molecule has 0 bridgehead atoms. The average molecular weight is 417 g/mol. The van der Waals surface area contributed by atoms with Crippen LogP contribution in [0.1, 0.15) is 5.56 Å². The third-order valence-electron chi connectivity index (χ3n) is 3.87. The van der Waals surface area contributed by atoms with Crippen molar-refractivity contribution in [3.63, 3.8) is 0 Å². The highest BCUT2D eigenvalue weighted by Gasteiger charge is 2.17. The van der Waals surface area contributed by atoms with E-state index in [-0.39, 0.29) is 17.5 Å². The molecule has 0 fully saturated rings. The lowest BCUT2D eigenvalue weighted by atomic mass is 10.2. The van der Waals surface area contributed by atoms with Gasteiger partial charge in [0, 0.05) is 6.54 Å². The second-order valence-electron chi connectivity index (χ2n) is 6.01. The van der Waals surface area contributed by atoms with E-state index in [0.717, 1.165) is 5.56 Å². The first-order valence-corrected chi connectivity index (χ1v) is 9.83. The van der Waals surface area contributed by atoms with Gasteiger partial charge in [-0.25, -0.2) is 4.39 Å². The Morgan fingerprint density at radius 2 is 2.11 bits per heavy atom. The summed E-state index contributed by atoms with van der Waals surface area (Å²) >= 11 is 7.36. The highest BCUT2D eigenvalue weighted by Crippen LogP contribution is 2.27. The summed E-state index contributed by atoms with van der Waals surface area (Å²) in [6.45, 7) is 6.05. The van der Waals surface area contributed by atoms with Crippen LogP contribution >= 0.6 is 23.4 Å². The molecule has 0 saturated heterocycles. The maximum atomic E-state index is 14.1. The van der Waals surface area contributed by atoms with Crippen molar-refractivity contribution >= 4 is 35.0 Å². The standard InChI is InChI=1S/C20H18ClFN4OS/c1-3-10-26-19(14-6-4-5-7-16(14)22)24-25-20(26)28-12-18(27)23-17-9-8-13(2)11-15(17)21/h3-9,11H,1,10,12H2,2H3,(H,23,27). The number of nitrogens with one attached hydrogen (secondary N) is 1. The van der Waals surface area contributed by atoms with Crippen LogP contribution in [0.15, 0.2) is 60.3 Å². The Hall–Kier alpha value is -2.64. The highest BCUT2D eigenvalue weighted by atomic mass is 35.5. The minimum Gasteiger partial charge on any atom is -0.324 e. The fourth-order valence-corrected chi connectivity index (χ4v) is 3.60. The first kappa shape index (κ1) is 20.1. The molecular weight excluding hydrogens is 399 g/mol. The second kappa shape index (κ2) is 9.03. The van der Waals surface area contributed by atoms with Crippen LogP contribution in [0.5, 0.6) is 0 Å². The number of carbonyl (C=O) groups is 1. The Labute approximate surface area is 171 Å². The number of nitrogens with zero attached hydrogens (tertiary/aromatic N) is 3. The quantitative estimate of drug-likeness (QED) is 0.436. The number of aryl methyl sites for hydroxylation is 1. The number of amides is 1. The van der Waals surface area contributed by atoms with E-state index in [0.29, 0.717) is 33.8 Å². The predicted octanol–water partition coefficient (Wildman–Crippen LogP) is 4.96. The van der Waals surface area contributed by atoms with Crippen molar-refractivity contribution in [3.8, 4) is 11.4 Å². The van der Waals surface area contributed by atoms with Gasteiger partial charge in [0.25, 0.3) is 0 Å². The fourth-order valence-electron chi connectivity index (χ4n) is 2.57. The van der Waals surface area contributed by atoms with E-state index in [1.807, 2.05) is 13.0 Å². The van der Waals surface area contributed by atoms with E-state index in [1.54, 1.807) is 41.0 Å². The number of hydrogen-bond donors (Lipinski definition) is 1. The lowest BCUT2D eigenvalue weighted by Gasteiger charge is -2.09. The molecule has 0 aliphatic rings. The van der Waals surface area contributed by atoms with Crippen LogP contribution in [0.25, 0.3) is 11.4 Å². The number of carbonyl (C=O) groups excluding carboxylic acids is 1.